The molecule has 1 aromatic heterocycles. The molecule has 0 aliphatic heterocycles. The Balaban J connectivity index is 2.39. The predicted molar refractivity (Wildman–Crippen MR) is 78.0 cm³/mol. The molecule has 2 heteroatoms. The van der Waals surface area contributed by atoms with Gasteiger partial charge in [0.1, 0.15) is 0 Å². The van der Waals surface area contributed by atoms with Gasteiger partial charge in [0, 0.05) is 34.9 Å². The molecule has 2 aromatic carbocycles. The monoisotopic (exact) mass is 236 g/mol. The predicted octanol–water partition coefficient (Wildman–Crippen LogP) is 4.21. The molecule has 0 spiro atoms. The lowest BCUT2D eigenvalue weighted by molar-refractivity contribution is 0.902. The molecule has 0 bridgehead atoms. The maximum atomic E-state index is 4.26. The molecule has 0 fully saturated rings. The molecule has 0 atom stereocenters. The second kappa shape index (κ2) is 4.30. The first kappa shape index (κ1) is 11.0. The van der Waals surface area contributed by atoms with Gasteiger partial charge in [-0.05, 0) is 36.8 Å². The van der Waals surface area contributed by atoms with E-state index in [4.69, 9.17) is 0 Å². The molecule has 0 aliphatic carbocycles. The van der Waals surface area contributed by atoms with Crippen LogP contribution in [0.15, 0.2) is 48.8 Å². The number of aromatic nitrogens is 1. The van der Waals surface area contributed by atoms with Crippen LogP contribution in [-0.4, -0.2) is 11.0 Å². The quantitative estimate of drug-likeness (QED) is 0.674. The van der Waals surface area contributed by atoms with Crippen LogP contribution in [0.25, 0.3) is 21.5 Å². The Morgan fingerprint density at radius 3 is 2.67 bits per heavy atom. The number of hydrogen-bond donors (Lipinski definition) is 1. The van der Waals surface area contributed by atoms with Gasteiger partial charge in [-0.2, -0.15) is 0 Å². The summed E-state index contributed by atoms with van der Waals surface area (Å²) in [7, 11) is 0. The van der Waals surface area contributed by atoms with Crippen LogP contribution in [0.4, 0.5) is 5.69 Å². The zero-order valence-corrected chi connectivity index (χ0v) is 10.6. The third-order valence-corrected chi connectivity index (χ3v) is 3.11. The lowest BCUT2D eigenvalue weighted by atomic mass is 10.0. The molecule has 1 N–H and O–H groups in total. The van der Waals surface area contributed by atoms with Gasteiger partial charge >= 0.3 is 0 Å². The van der Waals surface area contributed by atoms with E-state index >= 15 is 0 Å². The Morgan fingerprint density at radius 2 is 1.83 bits per heavy atom. The van der Waals surface area contributed by atoms with E-state index in [2.05, 4.69) is 60.5 Å². The molecule has 3 aromatic rings. The van der Waals surface area contributed by atoms with Crippen molar-refractivity contribution in [2.75, 3.05) is 5.32 Å². The number of benzene rings is 2. The molecular weight excluding hydrogens is 220 g/mol. The number of rotatable bonds is 2. The standard InChI is InChI=1S/C16H16N2/c1-11(2)18-16-9-12-5-3-4-6-13(12)15-10-17-8-7-14(15)16/h3-11,18H,1-2H3. The number of hydrogen-bond acceptors (Lipinski definition) is 2. The molecule has 2 nitrogen and oxygen atoms in total. The van der Waals surface area contributed by atoms with Crippen LogP contribution >= 0.6 is 0 Å². The highest BCUT2D eigenvalue weighted by Crippen LogP contribution is 2.31. The number of nitrogens with zero attached hydrogens (tertiary/aromatic N) is 1. The molecule has 0 amide bonds. The fraction of sp³-hybridized carbons (Fsp3) is 0.188. The highest BCUT2D eigenvalue weighted by atomic mass is 14.9. The van der Waals surface area contributed by atoms with E-state index in [9.17, 15) is 0 Å². The van der Waals surface area contributed by atoms with E-state index in [0.29, 0.717) is 6.04 Å². The highest BCUT2D eigenvalue weighted by Gasteiger charge is 2.06. The first-order valence-corrected chi connectivity index (χ1v) is 6.28. The average Bonchev–Trinajstić information content (AvgIpc) is 2.38. The normalized spacial score (nSPS) is 11.3. The largest absolute Gasteiger partial charge is 0.382 e. The first-order valence-electron chi connectivity index (χ1n) is 6.28. The smallest absolute Gasteiger partial charge is 0.0429 e. The third-order valence-electron chi connectivity index (χ3n) is 3.11. The van der Waals surface area contributed by atoms with Gasteiger partial charge in [-0.25, -0.2) is 0 Å². The van der Waals surface area contributed by atoms with Crippen molar-refractivity contribution in [1.82, 2.24) is 4.98 Å². The Hall–Kier alpha value is -2.09. The minimum atomic E-state index is 0.419. The lowest BCUT2D eigenvalue weighted by Gasteiger charge is -2.14. The number of nitrogens with one attached hydrogen (secondary N) is 1. The number of pyridine rings is 1. The summed E-state index contributed by atoms with van der Waals surface area (Å²) < 4.78 is 0. The second-order valence-electron chi connectivity index (χ2n) is 4.87. The summed E-state index contributed by atoms with van der Waals surface area (Å²) in [5.74, 6) is 0. The maximum absolute atomic E-state index is 4.26. The zero-order valence-electron chi connectivity index (χ0n) is 10.6. The average molecular weight is 236 g/mol. The molecule has 0 radical (unpaired) electrons. The van der Waals surface area contributed by atoms with E-state index in [1.165, 1.54) is 27.2 Å². The third kappa shape index (κ3) is 1.80. The molecule has 0 unspecified atom stereocenters. The van der Waals surface area contributed by atoms with Crippen LogP contribution in [0.1, 0.15) is 13.8 Å². The van der Waals surface area contributed by atoms with Crippen molar-refractivity contribution < 1.29 is 0 Å². The van der Waals surface area contributed by atoms with E-state index in [1.54, 1.807) is 0 Å². The Kier molecular flexibility index (Phi) is 2.63. The van der Waals surface area contributed by atoms with Crippen molar-refractivity contribution in [3.05, 3.63) is 48.8 Å². The van der Waals surface area contributed by atoms with Crippen molar-refractivity contribution >= 4 is 27.2 Å². The zero-order chi connectivity index (χ0) is 12.5. The second-order valence-corrected chi connectivity index (χ2v) is 4.87. The Labute approximate surface area is 107 Å². The summed E-state index contributed by atoms with van der Waals surface area (Å²) in [5, 5.41) is 8.46. The van der Waals surface area contributed by atoms with Crippen LogP contribution < -0.4 is 5.32 Å². The van der Waals surface area contributed by atoms with Crippen molar-refractivity contribution in [3.63, 3.8) is 0 Å². The van der Waals surface area contributed by atoms with Crippen LogP contribution in [0, 0.1) is 0 Å². The summed E-state index contributed by atoms with van der Waals surface area (Å²) in [6.07, 6.45) is 3.80. The minimum Gasteiger partial charge on any atom is -0.382 e. The van der Waals surface area contributed by atoms with Crippen molar-refractivity contribution in [1.29, 1.82) is 0 Å². The van der Waals surface area contributed by atoms with Gasteiger partial charge in [-0.15, -0.1) is 0 Å². The Morgan fingerprint density at radius 1 is 1.00 bits per heavy atom. The number of anilines is 1. The summed E-state index contributed by atoms with van der Waals surface area (Å²) in [4.78, 5) is 4.26. The Bertz CT molecular complexity index is 702. The van der Waals surface area contributed by atoms with Crippen molar-refractivity contribution in [2.45, 2.75) is 19.9 Å². The molecule has 1 heterocycles. The van der Waals surface area contributed by atoms with Gasteiger partial charge in [0.2, 0.25) is 0 Å². The maximum Gasteiger partial charge on any atom is 0.0429 e. The van der Waals surface area contributed by atoms with Crippen LogP contribution in [0.3, 0.4) is 0 Å². The van der Waals surface area contributed by atoms with Gasteiger partial charge in [0.15, 0.2) is 0 Å². The molecule has 90 valence electrons. The van der Waals surface area contributed by atoms with Gasteiger partial charge in [-0.1, -0.05) is 24.3 Å². The van der Waals surface area contributed by atoms with Crippen LogP contribution in [0.5, 0.6) is 0 Å². The molecular formula is C16H16N2. The lowest BCUT2D eigenvalue weighted by Crippen LogP contribution is -2.09. The van der Waals surface area contributed by atoms with Gasteiger partial charge in [-0.3, -0.25) is 4.98 Å². The summed E-state index contributed by atoms with van der Waals surface area (Å²) in [6, 6.07) is 13.2. The van der Waals surface area contributed by atoms with E-state index in [0.717, 1.165) is 0 Å². The molecule has 18 heavy (non-hydrogen) atoms. The SMILES string of the molecule is CC(C)Nc1cc2ccccc2c2cnccc12. The summed E-state index contributed by atoms with van der Waals surface area (Å²) in [6.45, 7) is 4.31. The van der Waals surface area contributed by atoms with Crippen molar-refractivity contribution in [2.24, 2.45) is 0 Å². The first-order chi connectivity index (χ1) is 8.75. The van der Waals surface area contributed by atoms with Gasteiger partial charge < -0.3 is 5.32 Å². The molecule has 0 saturated carbocycles. The van der Waals surface area contributed by atoms with Crippen LogP contribution in [0.2, 0.25) is 0 Å². The summed E-state index contributed by atoms with van der Waals surface area (Å²) >= 11 is 0. The topological polar surface area (TPSA) is 24.9 Å². The molecule has 3 rings (SSSR count). The van der Waals surface area contributed by atoms with E-state index in [1.807, 2.05) is 12.4 Å². The minimum absolute atomic E-state index is 0.419. The van der Waals surface area contributed by atoms with Gasteiger partial charge in [0.25, 0.3) is 0 Å². The summed E-state index contributed by atoms with van der Waals surface area (Å²) in [5.41, 5.74) is 1.18. The fourth-order valence-corrected chi connectivity index (χ4v) is 2.38. The van der Waals surface area contributed by atoms with Crippen molar-refractivity contribution in [3.8, 4) is 0 Å². The fourth-order valence-electron chi connectivity index (χ4n) is 2.38. The van der Waals surface area contributed by atoms with Crippen LogP contribution in [-0.2, 0) is 0 Å². The highest BCUT2D eigenvalue weighted by molar-refractivity contribution is 6.12. The molecule has 0 aliphatic rings. The molecule has 0 saturated heterocycles. The van der Waals surface area contributed by atoms with Gasteiger partial charge in [0.05, 0.1) is 0 Å². The van der Waals surface area contributed by atoms with E-state index in [-0.39, 0.29) is 0 Å². The number of fused-ring (bicyclic) bond motifs is 3. The van der Waals surface area contributed by atoms with E-state index < -0.39 is 0 Å².